The van der Waals surface area contributed by atoms with Crippen LogP contribution in [0, 0.1) is 5.82 Å². The zero-order chi connectivity index (χ0) is 13.8. The second kappa shape index (κ2) is 8.81. The number of benzene rings is 1. The first kappa shape index (κ1) is 19.6. The van der Waals surface area contributed by atoms with Crippen LogP contribution in [0.2, 0.25) is 0 Å². The molecule has 0 aliphatic carbocycles. The van der Waals surface area contributed by atoms with E-state index in [-0.39, 0.29) is 42.6 Å². The summed E-state index contributed by atoms with van der Waals surface area (Å²) in [6.45, 7) is 2.16. The number of imidazole rings is 1. The van der Waals surface area contributed by atoms with Crippen molar-refractivity contribution in [2.24, 2.45) is 5.73 Å². The molecule has 2 aromatic rings. The lowest BCUT2D eigenvalue weighted by Crippen LogP contribution is -2.25. The first-order valence-electron chi connectivity index (χ1n) is 6.21. The van der Waals surface area contributed by atoms with Crippen molar-refractivity contribution in [1.82, 2.24) is 15.3 Å². The number of amides is 1. The Hall–Kier alpha value is -1.37. The summed E-state index contributed by atoms with van der Waals surface area (Å²) in [6.07, 6.45) is 1.05. The van der Waals surface area contributed by atoms with Gasteiger partial charge in [-0.3, -0.25) is 4.79 Å². The van der Waals surface area contributed by atoms with Gasteiger partial charge in [0, 0.05) is 12.5 Å². The van der Waals surface area contributed by atoms with Gasteiger partial charge in [-0.1, -0.05) is 0 Å². The molecule has 21 heavy (non-hydrogen) atoms. The van der Waals surface area contributed by atoms with Crippen LogP contribution in [-0.2, 0) is 11.3 Å². The number of nitrogens with one attached hydrogen (secondary N) is 2. The number of H-pyrrole nitrogens is 1. The number of aromatic amines is 1. The maximum absolute atomic E-state index is 13.0. The number of rotatable bonds is 5. The zero-order valence-corrected chi connectivity index (χ0v) is 13.2. The van der Waals surface area contributed by atoms with Crippen LogP contribution in [0.4, 0.5) is 4.39 Å². The Morgan fingerprint density at radius 2 is 2.19 bits per heavy atom. The lowest BCUT2D eigenvalue weighted by atomic mass is 10.2. The number of halogens is 3. The standard InChI is InChI=1S/C13H17FN4O.2ClH/c1-8(15)2-5-13(19)16-7-12-17-10-4-3-9(14)6-11(10)18-12;;/h3-4,6,8H,2,5,7,15H2,1H3,(H,16,19)(H,17,18);2*1H. The molecule has 0 spiro atoms. The Labute approximate surface area is 134 Å². The van der Waals surface area contributed by atoms with E-state index < -0.39 is 0 Å². The van der Waals surface area contributed by atoms with Crippen molar-refractivity contribution in [3.63, 3.8) is 0 Å². The van der Waals surface area contributed by atoms with Gasteiger partial charge in [0.25, 0.3) is 0 Å². The minimum absolute atomic E-state index is 0. The molecule has 0 aliphatic rings. The SMILES string of the molecule is CC(N)CCC(=O)NCc1nc2ccc(F)cc2[nH]1.Cl.Cl. The van der Waals surface area contributed by atoms with Gasteiger partial charge in [-0.2, -0.15) is 0 Å². The molecule has 0 fully saturated rings. The molecule has 1 aromatic heterocycles. The zero-order valence-electron chi connectivity index (χ0n) is 11.6. The van der Waals surface area contributed by atoms with Gasteiger partial charge in [0.2, 0.25) is 5.91 Å². The Bertz CT molecular complexity index is 589. The molecule has 1 amide bonds. The lowest BCUT2D eigenvalue weighted by Gasteiger charge is -2.05. The van der Waals surface area contributed by atoms with Crippen molar-refractivity contribution in [2.75, 3.05) is 0 Å². The van der Waals surface area contributed by atoms with Gasteiger partial charge >= 0.3 is 0 Å². The summed E-state index contributed by atoms with van der Waals surface area (Å²) in [5.41, 5.74) is 6.89. The predicted octanol–water partition coefficient (Wildman–Crippen LogP) is 2.29. The summed E-state index contributed by atoms with van der Waals surface area (Å²) in [6, 6.07) is 4.35. The van der Waals surface area contributed by atoms with E-state index in [4.69, 9.17) is 5.73 Å². The molecule has 4 N–H and O–H groups in total. The monoisotopic (exact) mass is 336 g/mol. The van der Waals surface area contributed by atoms with Gasteiger partial charge in [-0.05, 0) is 31.5 Å². The van der Waals surface area contributed by atoms with Gasteiger partial charge in [0.05, 0.1) is 17.6 Å². The number of aromatic nitrogens is 2. The van der Waals surface area contributed by atoms with Crippen molar-refractivity contribution >= 4 is 41.8 Å². The minimum atomic E-state index is -0.316. The molecule has 1 atom stereocenters. The summed E-state index contributed by atoms with van der Waals surface area (Å²) in [5, 5.41) is 2.75. The molecule has 0 bridgehead atoms. The molecule has 5 nitrogen and oxygen atoms in total. The minimum Gasteiger partial charge on any atom is -0.349 e. The quantitative estimate of drug-likeness (QED) is 0.783. The number of carbonyl (C=O) groups excluding carboxylic acids is 1. The maximum Gasteiger partial charge on any atom is 0.220 e. The number of fused-ring (bicyclic) bond motifs is 1. The third-order valence-electron chi connectivity index (χ3n) is 2.77. The molecule has 0 aliphatic heterocycles. The van der Waals surface area contributed by atoms with E-state index in [1.165, 1.54) is 12.1 Å². The number of nitrogens with zero attached hydrogens (tertiary/aromatic N) is 1. The molecule has 0 radical (unpaired) electrons. The van der Waals surface area contributed by atoms with E-state index in [0.29, 0.717) is 36.2 Å². The van der Waals surface area contributed by atoms with Gasteiger partial charge in [-0.15, -0.1) is 24.8 Å². The number of hydrogen-bond donors (Lipinski definition) is 3. The first-order chi connectivity index (χ1) is 9.04. The van der Waals surface area contributed by atoms with Crippen LogP contribution in [0.1, 0.15) is 25.6 Å². The second-order valence-corrected chi connectivity index (χ2v) is 4.64. The topological polar surface area (TPSA) is 83.8 Å². The largest absolute Gasteiger partial charge is 0.349 e. The van der Waals surface area contributed by atoms with Crippen LogP contribution < -0.4 is 11.1 Å². The average molecular weight is 337 g/mol. The molecule has 2 rings (SSSR count). The Morgan fingerprint density at radius 3 is 2.86 bits per heavy atom. The van der Waals surface area contributed by atoms with Crippen LogP contribution in [0.5, 0.6) is 0 Å². The van der Waals surface area contributed by atoms with Crippen LogP contribution in [0.15, 0.2) is 18.2 Å². The highest BCUT2D eigenvalue weighted by atomic mass is 35.5. The Morgan fingerprint density at radius 1 is 1.48 bits per heavy atom. The highest BCUT2D eigenvalue weighted by Gasteiger charge is 2.06. The van der Waals surface area contributed by atoms with Crippen LogP contribution in [0.25, 0.3) is 11.0 Å². The number of nitrogens with two attached hydrogens (primary N) is 1. The van der Waals surface area contributed by atoms with Crippen LogP contribution in [0.3, 0.4) is 0 Å². The van der Waals surface area contributed by atoms with Crippen molar-refractivity contribution in [2.45, 2.75) is 32.4 Å². The Kier molecular flexibility index (Phi) is 8.24. The maximum atomic E-state index is 13.0. The molecule has 8 heteroatoms. The van der Waals surface area contributed by atoms with Crippen molar-refractivity contribution in [3.8, 4) is 0 Å². The summed E-state index contributed by atoms with van der Waals surface area (Å²) in [5.74, 6) is 0.224. The molecule has 1 unspecified atom stereocenters. The smallest absolute Gasteiger partial charge is 0.220 e. The fourth-order valence-corrected chi connectivity index (χ4v) is 1.75. The summed E-state index contributed by atoms with van der Waals surface area (Å²) < 4.78 is 13.0. The molecule has 0 saturated heterocycles. The number of hydrogen-bond acceptors (Lipinski definition) is 3. The van der Waals surface area contributed by atoms with Gasteiger partial charge < -0.3 is 16.0 Å². The second-order valence-electron chi connectivity index (χ2n) is 4.64. The molecule has 1 aromatic carbocycles. The van der Waals surface area contributed by atoms with E-state index in [1.807, 2.05) is 6.92 Å². The number of carbonyl (C=O) groups is 1. The summed E-state index contributed by atoms with van der Waals surface area (Å²) in [4.78, 5) is 18.7. The predicted molar refractivity (Wildman–Crippen MR) is 85.3 cm³/mol. The highest BCUT2D eigenvalue weighted by Crippen LogP contribution is 2.12. The van der Waals surface area contributed by atoms with Crippen molar-refractivity contribution in [1.29, 1.82) is 0 Å². The van der Waals surface area contributed by atoms with Crippen LogP contribution >= 0.6 is 24.8 Å². The summed E-state index contributed by atoms with van der Waals surface area (Å²) in [7, 11) is 0. The molecule has 118 valence electrons. The average Bonchev–Trinajstić information content (AvgIpc) is 2.75. The Balaban J connectivity index is 0.00000200. The third-order valence-corrected chi connectivity index (χ3v) is 2.77. The van der Waals surface area contributed by atoms with Crippen molar-refractivity contribution in [3.05, 3.63) is 29.8 Å². The van der Waals surface area contributed by atoms with Gasteiger partial charge in [0.15, 0.2) is 0 Å². The molecular weight excluding hydrogens is 318 g/mol. The molecule has 1 heterocycles. The highest BCUT2D eigenvalue weighted by molar-refractivity contribution is 5.85. The van der Waals surface area contributed by atoms with E-state index in [0.717, 1.165) is 0 Å². The fourth-order valence-electron chi connectivity index (χ4n) is 1.75. The lowest BCUT2D eigenvalue weighted by molar-refractivity contribution is -0.121. The normalized spacial score (nSPS) is 11.4. The van der Waals surface area contributed by atoms with Gasteiger partial charge in [-0.25, -0.2) is 9.37 Å². The fraction of sp³-hybridized carbons (Fsp3) is 0.385. The van der Waals surface area contributed by atoms with Gasteiger partial charge in [0.1, 0.15) is 11.6 Å². The van der Waals surface area contributed by atoms with E-state index in [9.17, 15) is 9.18 Å². The molecular formula is C13H19Cl2FN4O. The van der Waals surface area contributed by atoms with E-state index >= 15 is 0 Å². The van der Waals surface area contributed by atoms with Crippen molar-refractivity contribution < 1.29 is 9.18 Å². The third kappa shape index (κ3) is 5.87. The summed E-state index contributed by atoms with van der Waals surface area (Å²) >= 11 is 0. The van der Waals surface area contributed by atoms with E-state index in [1.54, 1.807) is 6.07 Å². The first-order valence-corrected chi connectivity index (χ1v) is 6.21. The van der Waals surface area contributed by atoms with Crippen LogP contribution in [-0.4, -0.2) is 21.9 Å². The van der Waals surface area contributed by atoms with E-state index in [2.05, 4.69) is 15.3 Å². The molecule has 0 saturated carbocycles.